The van der Waals surface area contributed by atoms with Gasteiger partial charge in [-0.3, -0.25) is 0 Å². The highest BCUT2D eigenvalue weighted by Gasteiger charge is 2.45. The SMILES string of the molecule is c1ccc(-c2nc(-c3cccc(-c4ccc5oc6ccccc6c5c4)c3)cc(-c3ccccc3-c3cccc(C4(c5ccccc5)c5ccccc5-c5ccccc54)c3)n2)cc1. The molecule has 1 aliphatic carbocycles. The van der Waals surface area contributed by atoms with Crippen molar-refractivity contribution >= 4 is 21.9 Å². The molecule has 290 valence electrons. The second-order valence-corrected chi connectivity index (χ2v) is 16.1. The monoisotopic (exact) mass is 790 g/mol. The van der Waals surface area contributed by atoms with Gasteiger partial charge in [0.2, 0.25) is 0 Å². The van der Waals surface area contributed by atoms with E-state index in [1.54, 1.807) is 0 Å². The number of hydrogen-bond acceptors (Lipinski definition) is 3. The Morgan fingerprint density at radius 1 is 0.306 bits per heavy atom. The number of furan rings is 1. The fourth-order valence-corrected chi connectivity index (χ4v) is 9.80. The molecule has 11 aromatic rings. The molecule has 0 unspecified atom stereocenters. The second-order valence-electron chi connectivity index (χ2n) is 16.1. The Morgan fingerprint density at radius 3 is 1.65 bits per heavy atom. The van der Waals surface area contributed by atoms with Crippen molar-refractivity contribution in [2.75, 3.05) is 0 Å². The maximum Gasteiger partial charge on any atom is 0.160 e. The van der Waals surface area contributed by atoms with E-state index < -0.39 is 5.41 Å². The average molecular weight is 791 g/mol. The van der Waals surface area contributed by atoms with Crippen molar-refractivity contribution in [3.63, 3.8) is 0 Å². The predicted octanol–water partition coefficient (Wildman–Crippen LogP) is 15.1. The van der Waals surface area contributed by atoms with Gasteiger partial charge in [0.05, 0.1) is 16.8 Å². The van der Waals surface area contributed by atoms with Gasteiger partial charge in [-0.15, -0.1) is 0 Å². The number of nitrogens with zero attached hydrogens (tertiary/aromatic N) is 2. The first-order valence-electron chi connectivity index (χ1n) is 21.1. The highest BCUT2D eigenvalue weighted by atomic mass is 16.3. The minimum Gasteiger partial charge on any atom is -0.456 e. The van der Waals surface area contributed by atoms with Crippen molar-refractivity contribution in [2.45, 2.75) is 5.41 Å². The van der Waals surface area contributed by atoms with E-state index in [1.165, 1.54) is 33.4 Å². The molecule has 0 aliphatic heterocycles. The highest BCUT2D eigenvalue weighted by Crippen LogP contribution is 2.56. The van der Waals surface area contributed by atoms with Crippen LogP contribution in [0.5, 0.6) is 0 Å². The molecule has 0 N–H and O–H groups in total. The molecule has 0 saturated heterocycles. The molecule has 1 aliphatic rings. The lowest BCUT2D eigenvalue weighted by atomic mass is 9.67. The first-order chi connectivity index (χ1) is 30.7. The lowest BCUT2D eigenvalue weighted by molar-refractivity contribution is 0.669. The van der Waals surface area contributed by atoms with E-state index in [-0.39, 0.29) is 0 Å². The minimum atomic E-state index is -0.498. The summed E-state index contributed by atoms with van der Waals surface area (Å²) in [4.78, 5) is 10.6. The van der Waals surface area contributed by atoms with Gasteiger partial charge >= 0.3 is 0 Å². The summed E-state index contributed by atoms with van der Waals surface area (Å²) in [6.45, 7) is 0. The van der Waals surface area contributed by atoms with E-state index in [2.05, 4.69) is 200 Å². The van der Waals surface area contributed by atoms with Gasteiger partial charge in [0.1, 0.15) is 11.2 Å². The molecule has 2 heterocycles. The number of para-hydroxylation sites is 1. The van der Waals surface area contributed by atoms with E-state index >= 15 is 0 Å². The molecule has 12 rings (SSSR count). The van der Waals surface area contributed by atoms with Gasteiger partial charge in [0.25, 0.3) is 0 Å². The predicted molar refractivity (Wildman–Crippen MR) is 254 cm³/mol. The van der Waals surface area contributed by atoms with Gasteiger partial charge in [-0.25, -0.2) is 9.97 Å². The third kappa shape index (κ3) is 5.74. The number of aromatic nitrogens is 2. The first-order valence-corrected chi connectivity index (χ1v) is 21.1. The molecule has 0 radical (unpaired) electrons. The molecular weight excluding hydrogens is 753 g/mol. The van der Waals surface area contributed by atoms with E-state index in [1.807, 2.05) is 30.3 Å². The third-order valence-electron chi connectivity index (χ3n) is 12.6. The Balaban J connectivity index is 1.01. The van der Waals surface area contributed by atoms with Crippen molar-refractivity contribution in [2.24, 2.45) is 0 Å². The minimum absolute atomic E-state index is 0.498. The molecule has 0 atom stereocenters. The first kappa shape index (κ1) is 35.8. The number of benzene rings is 9. The summed E-state index contributed by atoms with van der Waals surface area (Å²) in [6, 6.07) is 82.4. The van der Waals surface area contributed by atoms with Crippen LogP contribution in [0.15, 0.2) is 235 Å². The smallest absolute Gasteiger partial charge is 0.160 e. The van der Waals surface area contributed by atoms with Gasteiger partial charge in [0, 0.05) is 27.5 Å². The molecule has 3 nitrogen and oxygen atoms in total. The van der Waals surface area contributed by atoms with Crippen LogP contribution in [0.4, 0.5) is 0 Å². The van der Waals surface area contributed by atoms with E-state index in [4.69, 9.17) is 14.4 Å². The summed E-state index contributed by atoms with van der Waals surface area (Å²) in [6.07, 6.45) is 0. The van der Waals surface area contributed by atoms with Crippen molar-refractivity contribution in [1.29, 1.82) is 0 Å². The van der Waals surface area contributed by atoms with Crippen LogP contribution in [0, 0.1) is 0 Å². The summed E-state index contributed by atoms with van der Waals surface area (Å²) in [5, 5.41) is 2.22. The maximum atomic E-state index is 6.16. The molecule has 0 bridgehead atoms. The van der Waals surface area contributed by atoms with Crippen LogP contribution in [-0.2, 0) is 5.41 Å². The summed E-state index contributed by atoms with van der Waals surface area (Å²) in [5.74, 6) is 0.681. The third-order valence-corrected chi connectivity index (χ3v) is 12.6. The largest absolute Gasteiger partial charge is 0.456 e. The van der Waals surface area contributed by atoms with Gasteiger partial charge in [0.15, 0.2) is 5.82 Å². The molecule has 2 aromatic heterocycles. The molecule has 0 spiro atoms. The normalized spacial score (nSPS) is 12.6. The molecule has 0 amide bonds. The van der Waals surface area contributed by atoms with E-state index in [0.29, 0.717) is 5.82 Å². The van der Waals surface area contributed by atoms with Gasteiger partial charge < -0.3 is 4.42 Å². The summed E-state index contributed by atoms with van der Waals surface area (Å²) in [5.41, 5.74) is 18.1. The van der Waals surface area contributed by atoms with Crippen LogP contribution >= 0.6 is 0 Å². The zero-order chi connectivity index (χ0) is 41.0. The average Bonchev–Trinajstić information content (AvgIpc) is 3.88. The molecule has 0 saturated carbocycles. The van der Waals surface area contributed by atoms with E-state index in [0.717, 1.165) is 72.3 Å². The Labute approximate surface area is 360 Å². The van der Waals surface area contributed by atoms with Crippen molar-refractivity contribution < 1.29 is 4.42 Å². The van der Waals surface area contributed by atoms with Crippen molar-refractivity contribution in [1.82, 2.24) is 9.97 Å². The van der Waals surface area contributed by atoms with Crippen molar-refractivity contribution in [3.8, 4) is 67.3 Å². The molecule has 9 aromatic carbocycles. The lowest BCUT2D eigenvalue weighted by Crippen LogP contribution is -2.28. The standard InChI is InChI=1S/C59H38N2O/c1-3-17-39(18-4-1)58-60-54(43-21-15-19-40(35-43)41-33-34-57-51(37-41)50-29-11-14-32-56(50)62-57)38-55(61-58)49-28-8-7-25-46(49)42-20-16-24-45(36-42)59(44-22-5-2-6-23-44)52-30-12-9-26-47(52)48-27-10-13-31-53(48)59/h1-38H. The Morgan fingerprint density at radius 2 is 0.855 bits per heavy atom. The molecule has 3 heteroatoms. The number of fused-ring (bicyclic) bond motifs is 6. The quantitative estimate of drug-likeness (QED) is 0.161. The zero-order valence-corrected chi connectivity index (χ0v) is 33.7. The fourth-order valence-electron chi connectivity index (χ4n) is 9.80. The van der Waals surface area contributed by atoms with E-state index in [9.17, 15) is 0 Å². The number of rotatable bonds is 7. The Hall–Kier alpha value is -8.14. The highest BCUT2D eigenvalue weighted by molar-refractivity contribution is 6.06. The summed E-state index contributed by atoms with van der Waals surface area (Å²) in [7, 11) is 0. The topological polar surface area (TPSA) is 38.9 Å². The van der Waals surface area contributed by atoms with Crippen LogP contribution in [0.25, 0.3) is 89.2 Å². The van der Waals surface area contributed by atoms with Gasteiger partial charge in [-0.05, 0) is 92.0 Å². The maximum absolute atomic E-state index is 6.16. The Kier molecular flexibility index (Phi) is 8.39. The fraction of sp³-hybridized carbons (Fsp3) is 0.0169. The molecule has 0 fully saturated rings. The summed E-state index contributed by atoms with van der Waals surface area (Å²) < 4.78 is 6.16. The van der Waals surface area contributed by atoms with Crippen molar-refractivity contribution in [3.05, 3.63) is 253 Å². The zero-order valence-electron chi connectivity index (χ0n) is 33.7. The molecular formula is C59H38N2O. The Bertz CT molecular complexity index is 3430. The number of hydrogen-bond donors (Lipinski definition) is 0. The van der Waals surface area contributed by atoms with Gasteiger partial charge in [-0.1, -0.05) is 194 Å². The van der Waals surface area contributed by atoms with Crippen LogP contribution < -0.4 is 0 Å². The second kappa shape index (κ2) is 14.5. The van der Waals surface area contributed by atoms with Crippen LogP contribution in [0.2, 0.25) is 0 Å². The molecule has 62 heavy (non-hydrogen) atoms. The van der Waals surface area contributed by atoms with Crippen LogP contribution in [-0.4, -0.2) is 9.97 Å². The lowest BCUT2D eigenvalue weighted by Gasteiger charge is -2.34. The van der Waals surface area contributed by atoms with Crippen LogP contribution in [0.3, 0.4) is 0 Å². The van der Waals surface area contributed by atoms with Gasteiger partial charge in [-0.2, -0.15) is 0 Å². The van der Waals surface area contributed by atoms with Crippen LogP contribution in [0.1, 0.15) is 22.3 Å². The summed E-state index contributed by atoms with van der Waals surface area (Å²) >= 11 is 0.